The van der Waals surface area contributed by atoms with Gasteiger partial charge in [0.15, 0.2) is 9.84 Å². The number of benzene rings is 1. The lowest BCUT2D eigenvalue weighted by molar-refractivity contribution is -0.115. The average Bonchev–Trinajstić information content (AvgIpc) is 3.35. The second-order valence-corrected chi connectivity index (χ2v) is 12.6. The van der Waals surface area contributed by atoms with Gasteiger partial charge in [0.05, 0.1) is 29.8 Å². The molecule has 0 unspecified atom stereocenters. The molecule has 1 aliphatic heterocycles. The Hall–Kier alpha value is -2.19. The van der Waals surface area contributed by atoms with Gasteiger partial charge in [0.2, 0.25) is 5.91 Å². The van der Waals surface area contributed by atoms with Gasteiger partial charge in [-0.05, 0) is 49.1 Å². The summed E-state index contributed by atoms with van der Waals surface area (Å²) in [5, 5.41) is 10.8. The van der Waals surface area contributed by atoms with E-state index >= 15 is 0 Å². The van der Waals surface area contributed by atoms with E-state index in [0.29, 0.717) is 24.1 Å². The maximum atomic E-state index is 12.8. The molecule has 0 spiro atoms. The fourth-order valence-electron chi connectivity index (χ4n) is 5.40. The van der Waals surface area contributed by atoms with E-state index in [-0.39, 0.29) is 36.0 Å². The Balaban J connectivity index is 1.37. The highest BCUT2D eigenvalue weighted by Crippen LogP contribution is 2.33. The summed E-state index contributed by atoms with van der Waals surface area (Å²) in [5.74, 6) is 1.64. The number of carbonyl (C=O) groups is 1. The van der Waals surface area contributed by atoms with Crippen molar-refractivity contribution in [2.24, 2.45) is 5.92 Å². The summed E-state index contributed by atoms with van der Waals surface area (Å²) in [5.41, 5.74) is 3.38. The third-order valence-corrected chi connectivity index (χ3v) is 8.95. The zero-order chi connectivity index (χ0) is 24.3. The first-order chi connectivity index (χ1) is 16.2. The summed E-state index contributed by atoms with van der Waals surface area (Å²) in [4.78, 5) is 12.8. The molecule has 0 radical (unpaired) electrons. The number of hydrogen-bond acceptors (Lipinski definition) is 5. The summed E-state index contributed by atoms with van der Waals surface area (Å²) >= 11 is 0. The van der Waals surface area contributed by atoms with Crippen molar-refractivity contribution in [2.75, 3.05) is 23.4 Å². The predicted molar refractivity (Wildman–Crippen MR) is 136 cm³/mol. The number of nitrogens with one attached hydrogen (secondary N) is 2. The van der Waals surface area contributed by atoms with Crippen LogP contribution in [0.2, 0.25) is 0 Å². The molecule has 1 saturated carbocycles. The molecular formula is C26H38N4O3S. The molecular weight excluding hydrogens is 448 g/mol. The lowest BCUT2D eigenvalue weighted by Gasteiger charge is -2.25. The van der Waals surface area contributed by atoms with Crippen molar-refractivity contribution in [3.63, 3.8) is 0 Å². The zero-order valence-electron chi connectivity index (χ0n) is 20.6. The number of rotatable bonds is 8. The molecule has 2 N–H and O–H groups in total. The number of carbonyl (C=O) groups excluding carboxylic acids is 1. The molecule has 0 bridgehead atoms. The summed E-state index contributed by atoms with van der Waals surface area (Å²) < 4.78 is 25.5. The molecule has 1 aliphatic carbocycles. The van der Waals surface area contributed by atoms with Gasteiger partial charge in [-0.25, -0.2) is 13.1 Å². The van der Waals surface area contributed by atoms with E-state index in [0.717, 1.165) is 5.69 Å². The minimum Gasteiger partial charge on any atom is -0.310 e. The smallest absolute Gasteiger partial charge is 0.239 e. The minimum atomic E-state index is -3.04. The molecule has 2 fully saturated rings. The maximum Gasteiger partial charge on any atom is 0.239 e. The number of aryl methyl sites for hydroxylation is 1. The molecule has 1 amide bonds. The van der Waals surface area contributed by atoms with Crippen LogP contribution in [0.4, 0.5) is 5.82 Å². The van der Waals surface area contributed by atoms with Crippen LogP contribution in [0.3, 0.4) is 0 Å². The van der Waals surface area contributed by atoms with E-state index in [9.17, 15) is 13.2 Å². The van der Waals surface area contributed by atoms with Gasteiger partial charge in [0.25, 0.3) is 0 Å². The summed E-state index contributed by atoms with van der Waals surface area (Å²) in [6, 6.07) is 10.6. The first-order valence-electron chi connectivity index (χ1n) is 12.6. The van der Waals surface area contributed by atoms with Gasteiger partial charge in [-0.2, -0.15) is 5.10 Å². The van der Waals surface area contributed by atoms with Crippen LogP contribution >= 0.6 is 0 Å². The van der Waals surface area contributed by atoms with Crippen LogP contribution in [0.25, 0.3) is 0 Å². The molecule has 4 rings (SSSR count). The van der Waals surface area contributed by atoms with Gasteiger partial charge in [-0.3, -0.25) is 4.79 Å². The highest BCUT2D eigenvalue weighted by Gasteiger charge is 2.31. The Labute approximate surface area is 203 Å². The standard InChI is InChI=1S/C26H38N4O3S/c1-18(2)26(22-11-9-21(10-12-22)20-7-5-4-6-8-20)27-16-25(31)28-24-15-19(3)29-30(24)23-13-14-34(32,33)17-23/h9-12,15,18,20,23,26-27H,4-8,13-14,16-17H2,1-3H3,(H,28,31)/t23-,26+/m0/s1. The Bertz CT molecular complexity index is 1090. The molecule has 2 heterocycles. The normalized spacial score (nSPS) is 21.6. The fourth-order valence-corrected chi connectivity index (χ4v) is 7.09. The lowest BCUT2D eigenvalue weighted by Crippen LogP contribution is -2.34. The third kappa shape index (κ3) is 6.08. The van der Waals surface area contributed by atoms with Crippen LogP contribution in [-0.4, -0.2) is 42.2 Å². The largest absolute Gasteiger partial charge is 0.310 e. The van der Waals surface area contributed by atoms with Crippen molar-refractivity contribution >= 4 is 21.6 Å². The second-order valence-electron chi connectivity index (χ2n) is 10.3. The van der Waals surface area contributed by atoms with Crippen molar-refractivity contribution in [1.82, 2.24) is 15.1 Å². The van der Waals surface area contributed by atoms with Crippen molar-refractivity contribution < 1.29 is 13.2 Å². The summed E-state index contributed by atoms with van der Waals surface area (Å²) in [7, 11) is -3.04. The number of aromatic nitrogens is 2. The van der Waals surface area contributed by atoms with Gasteiger partial charge in [-0.15, -0.1) is 0 Å². The Morgan fingerprint density at radius 1 is 1.12 bits per heavy atom. The van der Waals surface area contributed by atoms with E-state index in [1.165, 1.54) is 43.2 Å². The molecule has 2 atom stereocenters. The molecule has 1 aromatic carbocycles. The van der Waals surface area contributed by atoms with Crippen molar-refractivity contribution in [2.45, 2.75) is 77.3 Å². The molecule has 7 nitrogen and oxygen atoms in total. The fraction of sp³-hybridized carbons (Fsp3) is 0.615. The predicted octanol–water partition coefficient (Wildman–Crippen LogP) is 4.52. The van der Waals surface area contributed by atoms with Crippen LogP contribution in [0.1, 0.15) is 87.2 Å². The van der Waals surface area contributed by atoms with Crippen LogP contribution in [0, 0.1) is 12.8 Å². The summed E-state index contributed by atoms with van der Waals surface area (Å²) in [6.07, 6.45) is 7.11. The van der Waals surface area contributed by atoms with Crippen LogP contribution < -0.4 is 10.6 Å². The van der Waals surface area contributed by atoms with Gasteiger partial charge in [0, 0.05) is 12.1 Å². The Morgan fingerprint density at radius 2 is 1.82 bits per heavy atom. The highest BCUT2D eigenvalue weighted by molar-refractivity contribution is 7.91. The molecule has 1 aromatic heterocycles. The van der Waals surface area contributed by atoms with Gasteiger partial charge < -0.3 is 10.6 Å². The number of hydrogen-bond donors (Lipinski definition) is 2. The topological polar surface area (TPSA) is 93.1 Å². The van der Waals surface area contributed by atoms with Crippen molar-refractivity contribution in [3.05, 3.63) is 47.2 Å². The van der Waals surface area contributed by atoms with Crippen molar-refractivity contribution in [1.29, 1.82) is 0 Å². The molecule has 8 heteroatoms. The molecule has 1 saturated heterocycles. The van der Waals surface area contributed by atoms with E-state index in [1.54, 1.807) is 10.7 Å². The molecule has 2 aromatic rings. The van der Waals surface area contributed by atoms with E-state index in [1.807, 2.05) is 6.92 Å². The lowest BCUT2D eigenvalue weighted by atomic mass is 9.83. The van der Waals surface area contributed by atoms with E-state index in [2.05, 4.69) is 53.8 Å². The third-order valence-electron chi connectivity index (χ3n) is 7.20. The van der Waals surface area contributed by atoms with Crippen molar-refractivity contribution in [3.8, 4) is 0 Å². The Kier molecular flexibility index (Phi) is 7.77. The first kappa shape index (κ1) is 24.9. The molecule has 2 aliphatic rings. The number of nitrogens with zero attached hydrogens (tertiary/aromatic N) is 2. The average molecular weight is 487 g/mol. The van der Waals surface area contributed by atoms with Gasteiger partial charge >= 0.3 is 0 Å². The monoisotopic (exact) mass is 486 g/mol. The van der Waals surface area contributed by atoms with Gasteiger partial charge in [-0.1, -0.05) is 57.4 Å². The van der Waals surface area contributed by atoms with Crippen LogP contribution in [-0.2, 0) is 14.6 Å². The van der Waals surface area contributed by atoms with E-state index in [4.69, 9.17) is 0 Å². The van der Waals surface area contributed by atoms with Crippen LogP contribution in [0.15, 0.2) is 30.3 Å². The SMILES string of the molecule is Cc1cc(NC(=O)CN[C@@H](c2ccc(C3CCCCC3)cc2)C(C)C)n([C@H]2CCS(=O)(=O)C2)n1. The second kappa shape index (κ2) is 10.6. The number of anilines is 1. The Morgan fingerprint density at radius 3 is 2.44 bits per heavy atom. The summed E-state index contributed by atoms with van der Waals surface area (Å²) in [6.45, 7) is 6.33. The molecule has 186 valence electrons. The van der Waals surface area contributed by atoms with E-state index < -0.39 is 9.84 Å². The number of amides is 1. The van der Waals surface area contributed by atoms with Crippen LogP contribution in [0.5, 0.6) is 0 Å². The number of sulfone groups is 1. The maximum absolute atomic E-state index is 12.8. The van der Waals surface area contributed by atoms with Gasteiger partial charge in [0.1, 0.15) is 5.82 Å². The zero-order valence-corrected chi connectivity index (χ0v) is 21.4. The minimum absolute atomic E-state index is 0.0674. The highest BCUT2D eigenvalue weighted by atomic mass is 32.2. The quantitative estimate of drug-likeness (QED) is 0.572. The first-order valence-corrected chi connectivity index (χ1v) is 14.4. The molecule has 34 heavy (non-hydrogen) atoms.